The Morgan fingerprint density at radius 1 is 1.05 bits per heavy atom. The van der Waals surface area contributed by atoms with Gasteiger partial charge in [0.15, 0.2) is 16.3 Å². The number of aromatic nitrogens is 6. The van der Waals surface area contributed by atoms with Crippen molar-refractivity contribution in [3.63, 3.8) is 0 Å². The number of aromatic amines is 1. The van der Waals surface area contributed by atoms with E-state index in [1.165, 1.54) is 38.5 Å². The Balaban J connectivity index is 1.15. The van der Waals surface area contributed by atoms with Crippen molar-refractivity contribution in [2.45, 2.75) is 29.3 Å². The number of carbonyl (C=O) groups excluding carboxylic acids is 1. The van der Waals surface area contributed by atoms with Crippen molar-refractivity contribution in [1.82, 2.24) is 34.0 Å². The Bertz CT molecular complexity index is 1730. The first kappa shape index (κ1) is 25.9. The predicted molar refractivity (Wildman–Crippen MR) is 151 cm³/mol. The van der Waals surface area contributed by atoms with Crippen LogP contribution in [0.5, 0.6) is 0 Å². The summed E-state index contributed by atoms with van der Waals surface area (Å²) in [5, 5.41) is 3.81. The summed E-state index contributed by atoms with van der Waals surface area (Å²) in [4.78, 5) is 50.5. The number of nitrogens with zero attached hydrogens (tertiary/aromatic N) is 5. The zero-order chi connectivity index (χ0) is 26.8. The molecule has 196 valence electrons. The average molecular weight is 550 g/mol. The van der Waals surface area contributed by atoms with Crippen LogP contribution in [0, 0.1) is 6.92 Å². The highest BCUT2D eigenvalue weighted by atomic mass is 32.2. The highest BCUT2D eigenvalue weighted by molar-refractivity contribution is 7.99. The lowest BCUT2D eigenvalue weighted by atomic mass is 10.1. The number of hydrogen-bond donors (Lipinski definition) is 2. The van der Waals surface area contributed by atoms with Crippen LogP contribution in [0.25, 0.3) is 22.2 Å². The maximum atomic E-state index is 12.6. The van der Waals surface area contributed by atoms with E-state index in [1.807, 2.05) is 24.3 Å². The van der Waals surface area contributed by atoms with Gasteiger partial charge in [0.25, 0.3) is 5.56 Å². The van der Waals surface area contributed by atoms with E-state index in [9.17, 15) is 14.4 Å². The molecule has 0 spiro atoms. The topological polar surface area (TPSA) is 120 Å². The van der Waals surface area contributed by atoms with Crippen molar-refractivity contribution in [2.24, 2.45) is 14.1 Å². The highest BCUT2D eigenvalue weighted by Gasteiger charge is 2.16. The van der Waals surface area contributed by atoms with Gasteiger partial charge in [-0.05, 0) is 36.2 Å². The van der Waals surface area contributed by atoms with Crippen LogP contribution in [-0.4, -0.2) is 46.9 Å². The van der Waals surface area contributed by atoms with Gasteiger partial charge in [-0.3, -0.25) is 18.7 Å². The molecule has 3 heterocycles. The number of thioether (sulfide) groups is 2. The summed E-state index contributed by atoms with van der Waals surface area (Å²) in [6.45, 7) is 2.54. The molecule has 2 N–H and O–H groups in total. The lowest BCUT2D eigenvalue weighted by Crippen LogP contribution is -2.38. The Labute approximate surface area is 226 Å². The van der Waals surface area contributed by atoms with Crippen LogP contribution in [0.15, 0.2) is 68.4 Å². The summed E-state index contributed by atoms with van der Waals surface area (Å²) in [6.07, 6.45) is 1.41. The van der Waals surface area contributed by atoms with E-state index in [0.717, 1.165) is 26.5 Å². The van der Waals surface area contributed by atoms with Gasteiger partial charge in [-0.1, -0.05) is 36.0 Å². The molecule has 0 aliphatic rings. The van der Waals surface area contributed by atoms with Crippen LogP contribution in [-0.2, 0) is 31.2 Å². The van der Waals surface area contributed by atoms with E-state index in [-0.39, 0.29) is 23.6 Å². The smallest absolute Gasteiger partial charge is 0.332 e. The predicted octanol–water partition coefficient (Wildman–Crippen LogP) is 2.82. The maximum Gasteiger partial charge on any atom is 0.332 e. The number of aryl methyl sites for hydroxylation is 1. The molecule has 10 nitrogen and oxygen atoms in total. The molecular formula is C26H27N7O3S2. The van der Waals surface area contributed by atoms with Gasteiger partial charge in [0.2, 0.25) is 5.91 Å². The van der Waals surface area contributed by atoms with Crippen LogP contribution < -0.4 is 16.6 Å². The maximum absolute atomic E-state index is 12.6. The van der Waals surface area contributed by atoms with Crippen molar-refractivity contribution >= 4 is 51.6 Å². The molecule has 5 aromatic rings. The molecule has 0 saturated carbocycles. The molecule has 0 bridgehead atoms. The third-order valence-electron chi connectivity index (χ3n) is 6.34. The Kier molecular flexibility index (Phi) is 7.43. The summed E-state index contributed by atoms with van der Waals surface area (Å²) in [5.41, 5.74) is 4.02. The summed E-state index contributed by atoms with van der Waals surface area (Å²) < 4.78 is 3.79. The second-order valence-corrected chi connectivity index (χ2v) is 10.9. The van der Waals surface area contributed by atoms with Crippen LogP contribution in [0.2, 0.25) is 0 Å². The third kappa shape index (κ3) is 5.14. The zero-order valence-corrected chi connectivity index (χ0v) is 22.9. The molecule has 5 rings (SSSR count). The molecule has 38 heavy (non-hydrogen) atoms. The quantitative estimate of drug-likeness (QED) is 0.214. The van der Waals surface area contributed by atoms with E-state index in [1.54, 1.807) is 30.6 Å². The number of hydrogen-bond acceptors (Lipinski definition) is 7. The Morgan fingerprint density at radius 3 is 2.68 bits per heavy atom. The fraction of sp³-hybridized carbons (Fsp3) is 0.269. The summed E-state index contributed by atoms with van der Waals surface area (Å²) >= 11 is 3.37. The van der Waals surface area contributed by atoms with Crippen molar-refractivity contribution in [3.8, 4) is 0 Å². The number of fused-ring (bicyclic) bond motifs is 2. The van der Waals surface area contributed by atoms with Gasteiger partial charge < -0.3 is 14.9 Å². The van der Waals surface area contributed by atoms with E-state index < -0.39 is 11.2 Å². The van der Waals surface area contributed by atoms with Crippen molar-refractivity contribution in [1.29, 1.82) is 0 Å². The molecule has 0 radical (unpaired) electrons. The number of rotatable bonds is 9. The lowest BCUT2D eigenvalue weighted by Gasteiger charge is -2.11. The molecule has 0 atom stereocenters. The van der Waals surface area contributed by atoms with Gasteiger partial charge in [0, 0.05) is 37.0 Å². The molecule has 3 aromatic heterocycles. The number of benzene rings is 2. The number of nitrogens with one attached hydrogen (secondary N) is 2. The number of H-pyrrole nitrogens is 1. The molecule has 1 amide bonds. The van der Waals surface area contributed by atoms with E-state index in [2.05, 4.69) is 45.4 Å². The van der Waals surface area contributed by atoms with E-state index in [0.29, 0.717) is 12.3 Å². The average Bonchev–Trinajstić information content (AvgIpc) is 3.53. The van der Waals surface area contributed by atoms with Crippen LogP contribution in [0.4, 0.5) is 0 Å². The Morgan fingerprint density at radius 2 is 1.87 bits per heavy atom. The second-order valence-electron chi connectivity index (χ2n) is 8.84. The second kappa shape index (κ2) is 10.9. The van der Waals surface area contributed by atoms with Crippen LogP contribution in [0.3, 0.4) is 0 Å². The molecule has 0 unspecified atom stereocenters. The van der Waals surface area contributed by atoms with Crippen molar-refractivity contribution in [2.75, 3.05) is 12.3 Å². The fourth-order valence-corrected chi connectivity index (χ4v) is 6.09. The summed E-state index contributed by atoms with van der Waals surface area (Å²) in [7, 11) is 2.96. The summed E-state index contributed by atoms with van der Waals surface area (Å²) in [5.74, 6) is 1.28. The zero-order valence-electron chi connectivity index (χ0n) is 21.2. The van der Waals surface area contributed by atoms with Gasteiger partial charge in [-0.2, -0.15) is 0 Å². The molecule has 12 heteroatoms. The number of imidazole rings is 2. The fourth-order valence-electron chi connectivity index (χ4n) is 4.20. The van der Waals surface area contributed by atoms with Crippen molar-refractivity contribution < 1.29 is 4.79 Å². The molecule has 0 aliphatic heterocycles. The summed E-state index contributed by atoms with van der Waals surface area (Å²) in [6, 6.07) is 14.3. The first-order valence-corrected chi connectivity index (χ1v) is 14.0. The standard InChI is InChI=1S/C26H27N7O3S2/c1-16-17(14-38-25-29-18-8-4-5-9-19(18)30-25)7-6-10-20(16)37-12-11-27-21(34)13-33-15-28-23-22(33)24(35)32(3)26(36)31(23)2/h4-10,15H,11-14H2,1-3H3,(H,27,34)(H,29,30). The third-order valence-corrected chi connectivity index (χ3v) is 8.42. The minimum atomic E-state index is -0.474. The first-order valence-electron chi connectivity index (χ1n) is 12.0. The SMILES string of the molecule is Cc1c(CSc2nc3ccccc3[nH]2)cccc1SCCNC(=O)Cn1cnc2c1c(=O)n(C)c(=O)n2C. The van der Waals surface area contributed by atoms with Gasteiger partial charge in [-0.15, -0.1) is 11.8 Å². The van der Waals surface area contributed by atoms with Crippen LogP contribution >= 0.6 is 23.5 Å². The van der Waals surface area contributed by atoms with Crippen LogP contribution in [0.1, 0.15) is 11.1 Å². The van der Waals surface area contributed by atoms with E-state index >= 15 is 0 Å². The first-order chi connectivity index (χ1) is 18.3. The molecule has 0 saturated heterocycles. The van der Waals surface area contributed by atoms with Gasteiger partial charge in [0.05, 0.1) is 17.4 Å². The lowest BCUT2D eigenvalue weighted by molar-refractivity contribution is -0.121. The number of carbonyl (C=O) groups is 1. The molecule has 0 aliphatic carbocycles. The monoisotopic (exact) mass is 549 g/mol. The minimum Gasteiger partial charge on any atom is -0.354 e. The Hall–Kier alpha value is -3.77. The highest BCUT2D eigenvalue weighted by Crippen LogP contribution is 2.29. The van der Waals surface area contributed by atoms with Gasteiger partial charge >= 0.3 is 5.69 Å². The number of amides is 1. The number of para-hydroxylation sites is 2. The largest absolute Gasteiger partial charge is 0.354 e. The van der Waals surface area contributed by atoms with Crippen molar-refractivity contribution in [3.05, 3.63) is 80.8 Å². The molecular weight excluding hydrogens is 522 g/mol. The minimum absolute atomic E-state index is 0.0534. The molecule has 0 fully saturated rings. The molecule has 2 aromatic carbocycles. The van der Waals surface area contributed by atoms with Gasteiger partial charge in [0.1, 0.15) is 6.54 Å². The van der Waals surface area contributed by atoms with E-state index in [4.69, 9.17) is 0 Å². The van der Waals surface area contributed by atoms with Gasteiger partial charge in [-0.25, -0.2) is 14.8 Å². The normalized spacial score (nSPS) is 11.4.